The maximum atomic E-state index is 12.1. The highest BCUT2D eigenvalue weighted by Gasteiger charge is 2.12. The van der Waals surface area contributed by atoms with Gasteiger partial charge in [0.25, 0.3) is 10.0 Å². The van der Waals surface area contributed by atoms with Crippen molar-refractivity contribution in [2.45, 2.75) is 11.8 Å². The minimum atomic E-state index is -3.77. The van der Waals surface area contributed by atoms with Crippen LogP contribution in [0.1, 0.15) is 12.5 Å². The molecule has 8 heteroatoms. The zero-order valence-corrected chi connectivity index (χ0v) is 14.8. The van der Waals surface area contributed by atoms with Gasteiger partial charge in [-0.05, 0) is 49.4 Å². The lowest BCUT2D eigenvalue weighted by Gasteiger charge is -2.09. The maximum absolute atomic E-state index is 12.1. The Hall–Kier alpha value is -2.25. The molecule has 1 N–H and O–H groups in total. The number of methoxy groups -OCH3 is 1. The van der Waals surface area contributed by atoms with Crippen molar-refractivity contribution in [1.82, 2.24) is 4.83 Å². The molecule has 0 amide bonds. The summed E-state index contributed by atoms with van der Waals surface area (Å²) in [7, 11) is -2.23. The van der Waals surface area contributed by atoms with E-state index < -0.39 is 10.0 Å². The number of hydrogen-bond donors (Lipinski definition) is 1. The van der Waals surface area contributed by atoms with Gasteiger partial charge in [-0.2, -0.15) is 13.5 Å². The standard InChI is InChI=1S/C16H17ClN2O4S/c1-3-23-16-9-6-14(22-2)10-12(16)11-18-19-24(20,21)15-7-4-13(17)5-8-15/h4-11,19H,3H2,1-2H3. The van der Waals surface area contributed by atoms with Gasteiger partial charge in [-0.1, -0.05) is 11.6 Å². The zero-order valence-electron chi connectivity index (χ0n) is 13.2. The lowest BCUT2D eigenvalue weighted by atomic mass is 10.2. The Morgan fingerprint density at radius 3 is 2.54 bits per heavy atom. The summed E-state index contributed by atoms with van der Waals surface area (Å²) in [4.78, 5) is 2.22. The van der Waals surface area contributed by atoms with Gasteiger partial charge in [0.05, 0.1) is 24.8 Å². The number of hydrazone groups is 1. The normalized spacial score (nSPS) is 11.5. The summed E-state index contributed by atoms with van der Waals surface area (Å²) in [5, 5.41) is 4.25. The second-order valence-corrected chi connectivity index (χ2v) is 6.74. The predicted octanol–water partition coefficient (Wildman–Crippen LogP) is 3.06. The van der Waals surface area contributed by atoms with E-state index in [1.165, 1.54) is 30.5 Å². The summed E-state index contributed by atoms with van der Waals surface area (Å²) in [5.41, 5.74) is 0.593. The molecule has 0 saturated carbocycles. The third kappa shape index (κ3) is 4.62. The monoisotopic (exact) mass is 368 g/mol. The van der Waals surface area contributed by atoms with Crippen LogP contribution in [-0.4, -0.2) is 28.3 Å². The fourth-order valence-electron chi connectivity index (χ4n) is 1.87. The van der Waals surface area contributed by atoms with Crippen molar-refractivity contribution in [1.29, 1.82) is 0 Å². The van der Waals surface area contributed by atoms with Crippen molar-refractivity contribution in [2.75, 3.05) is 13.7 Å². The SMILES string of the molecule is CCOc1ccc(OC)cc1C=NNS(=O)(=O)c1ccc(Cl)cc1. The summed E-state index contributed by atoms with van der Waals surface area (Å²) in [6.07, 6.45) is 1.36. The number of ether oxygens (including phenoxy) is 2. The highest BCUT2D eigenvalue weighted by atomic mass is 35.5. The smallest absolute Gasteiger partial charge is 0.276 e. The zero-order chi connectivity index (χ0) is 17.6. The fraction of sp³-hybridized carbons (Fsp3) is 0.188. The van der Waals surface area contributed by atoms with Gasteiger partial charge >= 0.3 is 0 Å². The van der Waals surface area contributed by atoms with Crippen molar-refractivity contribution in [3.63, 3.8) is 0 Å². The van der Waals surface area contributed by atoms with Crippen LogP contribution in [-0.2, 0) is 10.0 Å². The number of nitrogens with one attached hydrogen (secondary N) is 1. The van der Waals surface area contributed by atoms with E-state index in [0.29, 0.717) is 28.7 Å². The summed E-state index contributed by atoms with van der Waals surface area (Å²) < 4.78 is 34.9. The minimum absolute atomic E-state index is 0.0692. The lowest BCUT2D eigenvalue weighted by molar-refractivity contribution is 0.338. The molecule has 0 bridgehead atoms. The van der Waals surface area contributed by atoms with Crippen LogP contribution < -0.4 is 14.3 Å². The average molecular weight is 369 g/mol. The van der Waals surface area contributed by atoms with Crippen LogP contribution in [0.2, 0.25) is 5.02 Å². The third-order valence-electron chi connectivity index (χ3n) is 3.02. The molecule has 2 rings (SSSR count). The number of sulfonamides is 1. The molecule has 0 aliphatic carbocycles. The number of nitrogens with zero attached hydrogens (tertiary/aromatic N) is 1. The molecule has 0 radical (unpaired) electrons. The molecule has 0 heterocycles. The predicted molar refractivity (Wildman–Crippen MR) is 93.5 cm³/mol. The molecule has 6 nitrogen and oxygen atoms in total. The molecule has 128 valence electrons. The molecule has 2 aromatic carbocycles. The first-order valence-corrected chi connectivity index (χ1v) is 8.93. The molecule has 24 heavy (non-hydrogen) atoms. The molecule has 2 aromatic rings. The first kappa shape index (κ1) is 18.1. The van der Waals surface area contributed by atoms with Gasteiger partial charge in [-0.15, -0.1) is 0 Å². The van der Waals surface area contributed by atoms with Crippen molar-refractivity contribution >= 4 is 27.8 Å². The highest BCUT2D eigenvalue weighted by Crippen LogP contribution is 2.22. The van der Waals surface area contributed by atoms with Crippen molar-refractivity contribution < 1.29 is 17.9 Å². The molecule has 0 aliphatic rings. The van der Waals surface area contributed by atoms with Gasteiger partial charge in [0, 0.05) is 10.6 Å². The van der Waals surface area contributed by atoms with Crippen LogP contribution in [0.15, 0.2) is 52.5 Å². The van der Waals surface area contributed by atoms with Gasteiger partial charge in [0.1, 0.15) is 11.5 Å². The van der Waals surface area contributed by atoms with E-state index in [1.54, 1.807) is 25.3 Å². The van der Waals surface area contributed by atoms with Crippen LogP contribution >= 0.6 is 11.6 Å². The van der Waals surface area contributed by atoms with E-state index >= 15 is 0 Å². The number of rotatable bonds is 7. The molecule has 0 fully saturated rings. The lowest BCUT2D eigenvalue weighted by Crippen LogP contribution is -2.18. The van der Waals surface area contributed by atoms with Gasteiger partial charge in [0.15, 0.2) is 0 Å². The first-order valence-electron chi connectivity index (χ1n) is 7.07. The number of hydrogen-bond acceptors (Lipinski definition) is 5. The fourth-order valence-corrected chi connectivity index (χ4v) is 2.79. The number of benzene rings is 2. The van der Waals surface area contributed by atoms with Gasteiger partial charge in [-0.25, -0.2) is 4.83 Å². The van der Waals surface area contributed by atoms with Crippen LogP contribution in [0.5, 0.6) is 11.5 Å². The van der Waals surface area contributed by atoms with Crippen molar-refractivity contribution in [3.8, 4) is 11.5 Å². The van der Waals surface area contributed by atoms with Gasteiger partial charge < -0.3 is 9.47 Å². The second kappa shape index (κ2) is 8.03. The summed E-state index contributed by atoms with van der Waals surface area (Å²) in [6.45, 7) is 2.33. The third-order valence-corrected chi connectivity index (χ3v) is 4.51. The molecular weight excluding hydrogens is 352 g/mol. The van der Waals surface area contributed by atoms with Crippen LogP contribution in [0.3, 0.4) is 0 Å². The maximum Gasteiger partial charge on any atom is 0.276 e. The number of halogens is 1. The van der Waals surface area contributed by atoms with Gasteiger partial charge in [0.2, 0.25) is 0 Å². The Morgan fingerprint density at radius 1 is 1.21 bits per heavy atom. The van der Waals surface area contributed by atoms with E-state index in [9.17, 15) is 8.42 Å². The van der Waals surface area contributed by atoms with Crippen molar-refractivity contribution in [3.05, 3.63) is 53.1 Å². The Bertz CT molecular complexity index is 820. The Labute approximate surface area is 146 Å². The van der Waals surface area contributed by atoms with E-state index in [4.69, 9.17) is 21.1 Å². The largest absolute Gasteiger partial charge is 0.497 e. The molecular formula is C16H17ClN2O4S. The summed E-state index contributed by atoms with van der Waals surface area (Å²) >= 11 is 5.75. The minimum Gasteiger partial charge on any atom is -0.497 e. The quantitative estimate of drug-likeness (QED) is 0.602. The highest BCUT2D eigenvalue weighted by molar-refractivity contribution is 7.89. The van der Waals surface area contributed by atoms with Crippen LogP contribution in [0, 0.1) is 0 Å². The second-order valence-electron chi connectivity index (χ2n) is 4.64. The average Bonchev–Trinajstić information content (AvgIpc) is 2.56. The summed E-state index contributed by atoms with van der Waals surface area (Å²) in [6, 6.07) is 11.0. The topological polar surface area (TPSA) is 77.0 Å². The van der Waals surface area contributed by atoms with E-state index in [2.05, 4.69) is 9.93 Å². The van der Waals surface area contributed by atoms with Gasteiger partial charge in [-0.3, -0.25) is 0 Å². The van der Waals surface area contributed by atoms with Crippen molar-refractivity contribution in [2.24, 2.45) is 5.10 Å². The molecule has 0 saturated heterocycles. The molecule has 0 aromatic heterocycles. The summed E-state index contributed by atoms with van der Waals surface area (Å²) in [5.74, 6) is 1.19. The van der Waals surface area contributed by atoms with E-state index in [-0.39, 0.29) is 4.90 Å². The van der Waals surface area contributed by atoms with Crippen LogP contribution in [0.25, 0.3) is 0 Å². The Balaban J connectivity index is 2.20. The Morgan fingerprint density at radius 2 is 1.92 bits per heavy atom. The van der Waals surface area contributed by atoms with E-state index in [0.717, 1.165) is 0 Å². The molecule has 0 aliphatic heterocycles. The molecule has 0 atom stereocenters. The van der Waals surface area contributed by atoms with Crippen LogP contribution in [0.4, 0.5) is 0 Å². The first-order chi connectivity index (χ1) is 11.5. The molecule has 0 unspecified atom stereocenters. The van der Waals surface area contributed by atoms with E-state index in [1.807, 2.05) is 6.92 Å². The molecule has 0 spiro atoms. The Kier molecular flexibility index (Phi) is 6.05.